The molecule has 170 valence electrons. The zero-order valence-corrected chi connectivity index (χ0v) is 18.6. The average molecular weight is 451 g/mol. The second-order valence-corrected chi connectivity index (χ2v) is 10.6. The number of hydrogen-bond acceptors (Lipinski definition) is 6. The summed E-state index contributed by atoms with van der Waals surface area (Å²) in [5, 5.41) is 5.79. The van der Waals surface area contributed by atoms with Crippen LogP contribution < -0.4 is 10.6 Å². The lowest BCUT2D eigenvalue weighted by Gasteiger charge is -2.37. The van der Waals surface area contributed by atoms with Crippen molar-refractivity contribution in [2.45, 2.75) is 31.0 Å². The van der Waals surface area contributed by atoms with Gasteiger partial charge in [0.25, 0.3) is 5.91 Å². The molecule has 3 heterocycles. The van der Waals surface area contributed by atoms with Gasteiger partial charge in [0, 0.05) is 38.8 Å². The second-order valence-electron chi connectivity index (χ2n) is 8.65. The Morgan fingerprint density at radius 1 is 1.26 bits per heavy atom. The van der Waals surface area contributed by atoms with Crippen molar-refractivity contribution in [3.63, 3.8) is 0 Å². The molecule has 31 heavy (non-hydrogen) atoms. The summed E-state index contributed by atoms with van der Waals surface area (Å²) in [6, 6.07) is 10.3. The number of amides is 2. The minimum Gasteiger partial charge on any atom is -0.361 e. The van der Waals surface area contributed by atoms with Crippen LogP contribution in [0.5, 0.6) is 0 Å². The molecule has 9 nitrogen and oxygen atoms in total. The normalized spacial score (nSPS) is 28.5. The fraction of sp³-hybridized carbons (Fsp3) is 0.619. The van der Waals surface area contributed by atoms with E-state index < -0.39 is 27.4 Å². The molecular formula is C21H30N4O5S. The van der Waals surface area contributed by atoms with Gasteiger partial charge in [0.05, 0.1) is 25.3 Å². The summed E-state index contributed by atoms with van der Waals surface area (Å²) < 4.78 is 31.2. The van der Waals surface area contributed by atoms with Gasteiger partial charge in [-0.2, -0.15) is 4.31 Å². The first-order valence-electron chi connectivity index (χ1n) is 10.7. The average Bonchev–Trinajstić information content (AvgIpc) is 3.13. The number of carbonyl (C=O) groups excluding carboxylic acids is 2. The molecule has 0 aliphatic carbocycles. The number of ether oxygens (including phenoxy) is 1. The van der Waals surface area contributed by atoms with Crippen LogP contribution in [0.3, 0.4) is 0 Å². The van der Waals surface area contributed by atoms with E-state index in [4.69, 9.17) is 4.74 Å². The Labute approximate surface area is 183 Å². The van der Waals surface area contributed by atoms with E-state index in [-0.39, 0.29) is 31.6 Å². The molecule has 3 fully saturated rings. The van der Waals surface area contributed by atoms with Crippen LogP contribution in [-0.4, -0.2) is 86.7 Å². The Morgan fingerprint density at radius 2 is 1.97 bits per heavy atom. The third-order valence-corrected chi connectivity index (χ3v) is 7.68. The van der Waals surface area contributed by atoms with Crippen LogP contribution in [0.25, 0.3) is 0 Å². The fourth-order valence-electron chi connectivity index (χ4n) is 4.70. The van der Waals surface area contributed by atoms with E-state index in [2.05, 4.69) is 27.7 Å². The molecule has 3 aliphatic heterocycles. The zero-order valence-electron chi connectivity index (χ0n) is 17.7. The Bertz CT molecular complexity index is 917. The molecule has 2 amide bonds. The molecule has 0 radical (unpaired) electrons. The van der Waals surface area contributed by atoms with Gasteiger partial charge in [-0.1, -0.05) is 30.3 Å². The lowest BCUT2D eigenvalue weighted by Crippen LogP contribution is -2.62. The fourth-order valence-corrected chi connectivity index (χ4v) is 5.55. The third-order valence-electron chi connectivity index (χ3n) is 6.46. The second kappa shape index (κ2) is 8.85. The van der Waals surface area contributed by atoms with Crippen molar-refractivity contribution < 1.29 is 22.7 Å². The number of hydrogen-bond donors (Lipinski definition) is 2. The summed E-state index contributed by atoms with van der Waals surface area (Å²) in [6.07, 6.45) is 2.70. The smallest absolute Gasteiger partial charge is 0.254 e. The van der Waals surface area contributed by atoms with Crippen molar-refractivity contribution in [2.24, 2.45) is 5.92 Å². The third kappa shape index (κ3) is 4.77. The number of benzene rings is 1. The molecule has 2 atom stereocenters. The number of morpholine rings is 1. The first-order chi connectivity index (χ1) is 14.8. The minimum absolute atomic E-state index is 0.00416. The molecule has 0 saturated carbocycles. The maximum absolute atomic E-state index is 13.2. The van der Waals surface area contributed by atoms with Crippen molar-refractivity contribution in [2.75, 3.05) is 45.6 Å². The lowest BCUT2D eigenvalue weighted by atomic mass is 9.87. The van der Waals surface area contributed by atoms with Crippen molar-refractivity contribution in [1.29, 1.82) is 0 Å². The summed E-state index contributed by atoms with van der Waals surface area (Å²) in [6.45, 7) is 3.03. The van der Waals surface area contributed by atoms with Gasteiger partial charge in [0.15, 0.2) is 5.60 Å². The maximum Gasteiger partial charge on any atom is 0.254 e. The predicted molar refractivity (Wildman–Crippen MR) is 114 cm³/mol. The van der Waals surface area contributed by atoms with Gasteiger partial charge in [0.2, 0.25) is 15.9 Å². The largest absolute Gasteiger partial charge is 0.361 e. The SMILES string of the molecule is CS(=O)(=O)N1C[C@H](C(=O)NC2CCN(Cc3ccccc3)CC2)[C@@]2(C1)OCCNC2=O. The van der Waals surface area contributed by atoms with Gasteiger partial charge in [-0.25, -0.2) is 8.42 Å². The summed E-state index contributed by atoms with van der Waals surface area (Å²) >= 11 is 0. The van der Waals surface area contributed by atoms with Gasteiger partial charge in [0.1, 0.15) is 0 Å². The summed E-state index contributed by atoms with van der Waals surface area (Å²) in [7, 11) is -3.55. The van der Waals surface area contributed by atoms with Gasteiger partial charge in [-0.05, 0) is 18.4 Å². The zero-order chi connectivity index (χ0) is 22.1. The number of sulfonamides is 1. The van der Waals surface area contributed by atoms with E-state index in [1.165, 1.54) is 9.87 Å². The molecular weight excluding hydrogens is 420 g/mol. The standard InChI is InChI=1S/C21H30N4O5S/c1-31(28,29)25-14-18(21(15-25)20(27)22-9-12-30-21)19(26)23-17-7-10-24(11-8-17)13-16-5-3-2-4-6-16/h2-6,17-18H,7-15H2,1H3,(H,22,27)(H,23,26)/t18-,21-/m1/s1. The van der Waals surface area contributed by atoms with Crippen LogP contribution in [0.2, 0.25) is 0 Å². The van der Waals surface area contributed by atoms with Crippen molar-refractivity contribution in [3.8, 4) is 0 Å². The molecule has 0 unspecified atom stereocenters. The highest BCUT2D eigenvalue weighted by Gasteiger charge is 2.59. The van der Waals surface area contributed by atoms with Crippen LogP contribution in [-0.2, 0) is 30.9 Å². The molecule has 0 bridgehead atoms. The highest BCUT2D eigenvalue weighted by molar-refractivity contribution is 7.88. The van der Waals surface area contributed by atoms with Crippen LogP contribution in [0, 0.1) is 5.92 Å². The van der Waals surface area contributed by atoms with E-state index in [0.717, 1.165) is 38.7 Å². The monoisotopic (exact) mass is 450 g/mol. The summed E-state index contributed by atoms with van der Waals surface area (Å²) in [4.78, 5) is 28.2. The van der Waals surface area contributed by atoms with E-state index in [9.17, 15) is 18.0 Å². The van der Waals surface area contributed by atoms with Gasteiger partial charge >= 0.3 is 0 Å². The molecule has 1 aromatic rings. The first-order valence-corrected chi connectivity index (χ1v) is 12.6. The van der Waals surface area contributed by atoms with Crippen LogP contribution >= 0.6 is 0 Å². The molecule has 3 aliphatic rings. The first kappa shape index (κ1) is 22.2. The predicted octanol–water partition coefficient (Wildman–Crippen LogP) is -0.456. The Morgan fingerprint density at radius 3 is 2.61 bits per heavy atom. The molecule has 0 aromatic heterocycles. The lowest BCUT2D eigenvalue weighted by molar-refractivity contribution is -0.163. The molecule has 3 saturated heterocycles. The van der Waals surface area contributed by atoms with Crippen molar-refractivity contribution in [3.05, 3.63) is 35.9 Å². The van der Waals surface area contributed by atoms with Gasteiger partial charge in [-0.15, -0.1) is 0 Å². The van der Waals surface area contributed by atoms with E-state index in [1.54, 1.807) is 0 Å². The summed E-state index contributed by atoms with van der Waals surface area (Å²) in [5.41, 5.74) is -0.196. The van der Waals surface area contributed by atoms with Gasteiger partial charge < -0.3 is 15.4 Å². The topological polar surface area (TPSA) is 108 Å². The van der Waals surface area contributed by atoms with Gasteiger partial charge in [-0.3, -0.25) is 14.5 Å². The van der Waals surface area contributed by atoms with Crippen LogP contribution in [0.1, 0.15) is 18.4 Å². The Kier molecular flexibility index (Phi) is 6.34. The number of nitrogens with zero attached hydrogens (tertiary/aromatic N) is 2. The van der Waals surface area contributed by atoms with E-state index in [1.807, 2.05) is 18.2 Å². The number of rotatable bonds is 5. The molecule has 1 spiro atoms. The van der Waals surface area contributed by atoms with E-state index in [0.29, 0.717) is 6.54 Å². The minimum atomic E-state index is -3.55. The highest BCUT2D eigenvalue weighted by Crippen LogP contribution is 2.35. The quantitative estimate of drug-likeness (QED) is 0.629. The molecule has 4 rings (SSSR count). The Balaban J connectivity index is 1.38. The van der Waals surface area contributed by atoms with Crippen molar-refractivity contribution in [1.82, 2.24) is 19.8 Å². The number of piperidine rings is 1. The van der Waals surface area contributed by atoms with Crippen LogP contribution in [0.15, 0.2) is 30.3 Å². The molecule has 2 N–H and O–H groups in total. The van der Waals surface area contributed by atoms with E-state index >= 15 is 0 Å². The maximum atomic E-state index is 13.2. The molecule has 10 heteroatoms. The number of likely N-dealkylation sites (tertiary alicyclic amines) is 1. The number of carbonyl (C=O) groups is 2. The van der Waals surface area contributed by atoms with Crippen LogP contribution in [0.4, 0.5) is 0 Å². The summed E-state index contributed by atoms with van der Waals surface area (Å²) in [5.74, 6) is -1.60. The van der Waals surface area contributed by atoms with Crippen molar-refractivity contribution >= 4 is 21.8 Å². The highest BCUT2D eigenvalue weighted by atomic mass is 32.2. The molecule has 1 aromatic carbocycles. The number of nitrogens with one attached hydrogen (secondary N) is 2. The Hall–Kier alpha value is -2.01.